The highest BCUT2D eigenvalue weighted by atomic mass is 14.9. The molecule has 0 radical (unpaired) electrons. The number of nitrogens with one attached hydrogen (secondary N) is 1. The summed E-state index contributed by atoms with van der Waals surface area (Å²) >= 11 is 0. The molecule has 15 heavy (non-hydrogen) atoms. The van der Waals surface area contributed by atoms with Crippen LogP contribution in [0.4, 0.5) is 0 Å². The molecular weight excluding hydrogens is 182 g/mol. The van der Waals surface area contributed by atoms with E-state index in [1.54, 1.807) is 0 Å². The zero-order valence-electron chi connectivity index (χ0n) is 9.59. The summed E-state index contributed by atoms with van der Waals surface area (Å²) in [6.45, 7) is 6.74. The first kappa shape index (κ1) is 10.4. The molecule has 1 aliphatic heterocycles. The van der Waals surface area contributed by atoms with Gasteiger partial charge in [0.15, 0.2) is 0 Å². The van der Waals surface area contributed by atoms with Gasteiger partial charge in [-0.25, -0.2) is 0 Å². The van der Waals surface area contributed by atoms with E-state index in [1.165, 1.54) is 29.7 Å². The van der Waals surface area contributed by atoms with Crippen LogP contribution in [-0.4, -0.2) is 13.1 Å². The van der Waals surface area contributed by atoms with Gasteiger partial charge in [-0.15, -0.1) is 0 Å². The number of hydrogen-bond acceptors (Lipinski definition) is 1. The van der Waals surface area contributed by atoms with E-state index in [0.717, 1.165) is 12.5 Å². The van der Waals surface area contributed by atoms with Crippen molar-refractivity contribution in [1.82, 2.24) is 5.32 Å². The molecule has 1 aliphatic rings. The van der Waals surface area contributed by atoms with Gasteiger partial charge >= 0.3 is 0 Å². The molecule has 0 spiro atoms. The zero-order valence-corrected chi connectivity index (χ0v) is 9.59. The second kappa shape index (κ2) is 4.63. The number of aryl methyl sites for hydroxylation is 1. The van der Waals surface area contributed by atoms with Gasteiger partial charge in [0.05, 0.1) is 0 Å². The van der Waals surface area contributed by atoms with Gasteiger partial charge in [0, 0.05) is 6.54 Å². The Bertz CT molecular complexity index is 359. The second-order valence-corrected chi connectivity index (χ2v) is 4.43. The molecule has 2 rings (SSSR count). The molecule has 1 N–H and O–H groups in total. The Hall–Kier alpha value is -1.08. The Morgan fingerprint density at radius 1 is 1.40 bits per heavy atom. The van der Waals surface area contributed by atoms with Crippen molar-refractivity contribution < 1.29 is 0 Å². The van der Waals surface area contributed by atoms with E-state index < -0.39 is 0 Å². The van der Waals surface area contributed by atoms with Crippen molar-refractivity contribution in [3.8, 4) is 0 Å². The lowest BCUT2D eigenvalue weighted by molar-refractivity contribution is 0.686. The quantitative estimate of drug-likeness (QED) is 0.775. The Balaban J connectivity index is 2.18. The summed E-state index contributed by atoms with van der Waals surface area (Å²) in [5.74, 6) is 0.740. The summed E-state index contributed by atoms with van der Waals surface area (Å²) in [6, 6.07) is 8.57. The van der Waals surface area contributed by atoms with Gasteiger partial charge in [-0.1, -0.05) is 35.9 Å². The first-order chi connectivity index (χ1) is 7.27. The lowest BCUT2D eigenvalue weighted by Crippen LogP contribution is -2.09. The second-order valence-electron chi connectivity index (χ2n) is 4.43. The molecular formula is C14H19N. The fraction of sp³-hybridized carbons (Fsp3) is 0.429. The fourth-order valence-electron chi connectivity index (χ4n) is 2.16. The van der Waals surface area contributed by atoms with E-state index in [9.17, 15) is 0 Å². The molecule has 0 bridgehead atoms. The summed E-state index contributed by atoms with van der Waals surface area (Å²) in [5.41, 5.74) is 4.24. The van der Waals surface area contributed by atoms with E-state index in [1.807, 2.05) is 0 Å². The Morgan fingerprint density at radius 3 is 2.87 bits per heavy atom. The topological polar surface area (TPSA) is 12.0 Å². The maximum Gasteiger partial charge on any atom is 0.00173 e. The van der Waals surface area contributed by atoms with Crippen molar-refractivity contribution in [2.24, 2.45) is 5.92 Å². The van der Waals surface area contributed by atoms with Gasteiger partial charge in [-0.3, -0.25) is 0 Å². The lowest BCUT2D eigenvalue weighted by atomic mass is 9.96. The molecule has 1 unspecified atom stereocenters. The average Bonchev–Trinajstić information content (AvgIpc) is 2.74. The lowest BCUT2D eigenvalue weighted by Gasteiger charge is -2.09. The molecule has 0 saturated carbocycles. The molecule has 1 heterocycles. The molecule has 1 aromatic carbocycles. The largest absolute Gasteiger partial charge is 0.316 e. The molecule has 80 valence electrons. The van der Waals surface area contributed by atoms with Crippen LogP contribution in [-0.2, 0) is 0 Å². The standard InChI is InChI=1S/C14H19N/c1-11-5-3-4-6-13(11)9-12(2)14-7-8-15-10-14/h3-6,9,14-15H,7-8,10H2,1-2H3/b12-9+. The van der Waals surface area contributed by atoms with E-state index >= 15 is 0 Å². The van der Waals surface area contributed by atoms with E-state index in [4.69, 9.17) is 0 Å². The zero-order chi connectivity index (χ0) is 10.7. The van der Waals surface area contributed by atoms with Crippen LogP contribution in [0.15, 0.2) is 29.8 Å². The van der Waals surface area contributed by atoms with Gasteiger partial charge < -0.3 is 5.32 Å². The molecule has 1 nitrogen and oxygen atoms in total. The predicted octanol–water partition coefficient (Wildman–Crippen LogP) is 3.01. The number of benzene rings is 1. The summed E-state index contributed by atoms with van der Waals surface area (Å²) in [4.78, 5) is 0. The minimum absolute atomic E-state index is 0.740. The summed E-state index contributed by atoms with van der Waals surface area (Å²) < 4.78 is 0. The monoisotopic (exact) mass is 201 g/mol. The summed E-state index contributed by atoms with van der Waals surface area (Å²) in [6.07, 6.45) is 3.63. The molecule has 1 fully saturated rings. The van der Waals surface area contributed by atoms with Crippen LogP contribution in [0, 0.1) is 12.8 Å². The smallest absolute Gasteiger partial charge is 0.00173 e. The molecule has 0 aliphatic carbocycles. The highest BCUT2D eigenvalue weighted by molar-refractivity contribution is 5.56. The average molecular weight is 201 g/mol. The summed E-state index contributed by atoms with van der Waals surface area (Å²) in [5, 5.41) is 3.41. The van der Waals surface area contributed by atoms with Crippen LogP contribution < -0.4 is 5.32 Å². The highest BCUT2D eigenvalue weighted by Crippen LogP contribution is 2.21. The van der Waals surface area contributed by atoms with E-state index in [2.05, 4.69) is 49.5 Å². The first-order valence-corrected chi connectivity index (χ1v) is 5.72. The third-order valence-electron chi connectivity index (χ3n) is 3.28. The summed E-state index contributed by atoms with van der Waals surface area (Å²) in [7, 11) is 0. The van der Waals surface area contributed by atoms with Crippen molar-refractivity contribution in [3.05, 3.63) is 41.0 Å². The molecule has 0 amide bonds. The number of rotatable bonds is 2. The SMILES string of the molecule is C/C(=C\c1ccccc1C)C1CCNC1. The van der Waals surface area contributed by atoms with Gasteiger partial charge in [-0.2, -0.15) is 0 Å². The van der Waals surface area contributed by atoms with Crippen LogP contribution in [0.25, 0.3) is 6.08 Å². The van der Waals surface area contributed by atoms with Crippen LogP contribution in [0.5, 0.6) is 0 Å². The minimum Gasteiger partial charge on any atom is -0.316 e. The third-order valence-corrected chi connectivity index (χ3v) is 3.28. The van der Waals surface area contributed by atoms with Crippen LogP contribution >= 0.6 is 0 Å². The molecule has 1 heteroatoms. The first-order valence-electron chi connectivity index (χ1n) is 5.72. The fourth-order valence-corrected chi connectivity index (χ4v) is 2.16. The van der Waals surface area contributed by atoms with Crippen molar-refractivity contribution in [3.63, 3.8) is 0 Å². The van der Waals surface area contributed by atoms with Crippen LogP contribution in [0.2, 0.25) is 0 Å². The van der Waals surface area contributed by atoms with Crippen LogP contribution in [0.1, 0.15) is 24.5 Å². The maximum atomic E-state index is 3.41. The van der Waals surface area contributed by atoms with Gasteiger partial charge in [0.2, 0.25) is 0 Å². The Kier molecular flexibility index (Phi) is 3.22. The molecule has 1 aromatic rings. The molecule has 0 aromatic heterocycles. The van der Waals surface area contributed by atoms with Crippen LogP contribution in [0.3, 0.4) is 0 Å². The predicted molar refractivity (Wildman–Crippen MR) is 65.8 cm³/mol. The maximum absolute atomic E-state index is 3.41. The normalized spacial score (nSPS) is 22.0. The van der Waals surface area contributed by atoms with Gasteiger partial charge in [-0.05, 0) is 43.9 Å². The van der Waals surface area contributed by atoms with Crippen molar-refractivity contribution in [1.29, 1.82) is 0 Å². The molecule has 1 atom stereocenters. The van der Waals surface area contributed by atoms with Gasteiger partial charge in [0.25, 0.3) is 0 Å². The van der Waals surface area contributed by atoms with E-state index in [0.29, 0.717) is 0 Å². The van der Waals surface area contributed by atoms with Crippen molar-refractivity contribution in [2.75, 3.05) is 13.1 Å². The minimum atomic E-state index is 0.740. The van der Waals surface area contributed by atoms with E-state index in [-0.39, 0.29) is 0 Å². The van der Waals surface area contributed by atoms with Gasteiger partial charge in [0.1, 0.15) is 0 Å². The Labute approximate surface area is 92.2 Å². The third kappa shape index (κ3) is 2.48. The molecule has 1 saturated heterocycles. The van der Waals surface area contributed by atoms with Crippen molar-refractivity contribution >= 4 is 6.08 Å². The Morgan fingerprint density at radius 2 is 2.20 bits per heavy atom. The number of hydrogen-bond donors (Lipinski definition) is 1. The van der Waals surface area contributed by atoms with Crippen molar-refractivity contribution in [2.45, 2.75) is 20.3 Å². The highest BCUT2D eigenvalue weighted by Gasteiger charge is 2.15.